The topological polar surface area (TPSA) is 50.4 Å². The van der Waals surface area contributed by atoms with Crippen LogP contribution in [0, 0.1) is 6.92 Å². The first-order valence-electron chi connectivity index (χ1n) is 7.62. The predicted octanol–water partition coefficient (Wildman–Crippen LogP) is 4.52. The van der Waals surface area contributed by atoms with E-state index in [-0.39, 0.29) is 6.03 Å². The highest BCUT2D eigenvalue weighted by Gasteiger charge is 2.08. The van der Waals surface area contributed by atoms with E-state index < -0.39 is 0 Å². The average Bonchev–Trinajstić information content (AvgIpc) is 2.55. The van der Waals surface area contributed by atoms with Crippen LogP contribution in [0.4, 0.5) is 10.5 Å². The van der Waals surface area contributed by atoms with E-state index in [2.05, 4.69) is 33.5 Å². The molecule has 2 amide bonds. The number of carbonyl (C=O) groups is 1. The van der Waals surface area contributed by atoms with Crippen molar-refractivity contribution in [2.24, 2.45) is 0 Å². The van der Waals surface area contributed by atoms with E-state index in [1.165, 1.54) is 0 Å². The number of nitrogens with one attached hydrogen (secondary N) is 2. The maximum absolute atomic E-state index is 12.0. The summed E-state index contributed by atoms with van der Waals surface area (Å²) in [5.74, 6) is 0.766. The molecule has 0 aliphatic rings. The average molecular weight is 377 g/mol. The van der Waals surface area contributed by atoms with Gasteiger partial charge in [-0.2, -0.15) is 0 Å². The Labute approximate surface area is 145 Å². The zero-order valence-corrected chi connectivity index (χ0v) is 14.9. The monoisotopic (exact) mass is 376 g/mol. The number of urea groups is 1. The lowest BCUT2D eigenvalue weighted by atomic mass is 10.1. The van der Waals surface area contributed by atoms with E-state index in [0.29, 0.717) is 13.2 Å². The molecule has 0 aliphatic heterocycles. The number of amides is 2. The molecule has 0 heterocycles. The third kappa shape index (κ3) is 4.99. The zero-order chi connectivity index (χ0) is 16.7. The second kappa shape index (κ2) is 8.58. The maximum atomic E-state index is 12.0. The molecular formula is C18H21BrN2O2. The molecule has 2 aromatic rings. The molecule has 122 valence electrons. The van der Waals surface area contributed by atoms with Gasteiger partial charge in [0.1, 0.15) is 12.4 Å². The summed E-state index contributed by atoms with van der Waals surface area (Å²) in [6, 6.07) is 13.4. The first kappa shape index (κ1) is 17.3. The number of halogens is 1. The van der Waals surface area contributed by atoms with Crippen LogP contribution < -0.4 is 15.4 Å². The molecule has 2 rings (SSSR count). The van der Waals surface area contributed by atoms with Crippen molar-refractivity contribution in [2.45, 2.75) is 20.3 Å². The van der Waals surface area contributed by atoms with Gasteiger partial charge in [-0.05, 0) is 52.5 Å². The van der Waals surface area contributed by atoms with Crippen LogP contribution in [0.15, 0.2) is 46.9 Å². The minimum Gasteiger partial charge on any atom is -0.491 e. The second-order valence-corrected chi connectivity index (χ2v) is 5.98. The molecule has 0 unspecified atom stereocenters. The third-order valence-electron chi connectivity index (χ3n) is 3.46. The Morgan fingerprint density at radius 2 is 1.96 bits per heavy atom. The summed E-state index contributed by atoms with van der Waals surface area (Å²) < 4.78 is 6.52. The minimum absolute atomic E-state index is 0.218. The summed E-state index contributed by atoms with van der Waals surface area (Å²) in [4.78, 5) is 12.0. The Kier molecular flexibility index (Phi) is 6.47. The Bertz CT molecular complexity index is 674. The van der Waals surface area contributed by atoms with Gasteiger partial charge in [0.25, 0.3) is 0 Å². The Hall–Kier alpha value is -2.01. The molecule has 2 N–H and O–H groups in total. The number of hydrogen-bond donors (Lipinski definition) is 2. The highest BCUT2D eigenvalue weighted by Crippen LogP contribution is 2.23. The lowest BCUT2D eigenvalue weighted by molar-refractivity contribution is 0.247. The van der Waals surface area contributed by atoms with Crippen LogP contribution in [0.2, 0.25) is 0 Å². The van der Waals surface area contributed by atoms with Crippen LogP contribution in [0.25, 0.3) is 0 Å². The van der Waals surface area contributed by atoms with E-state index in [9.17, 15) is 4.79 Å². The lowest BCUT2D eigenvalue weighted by Crippen LogP contribution is -2.32. The van der Waals surface area contributed by atoms with Crippen LogP contribution >= 0.6 is 15.9 Å². The van der Waals surface area contributed by atoms with E-state index in [1.807, 2.05) is 49.4 Å². The van der Waals surface area contributed by atoms with E-state index in [1.54, 1.807) is 0 Å². The number of carbonyl (C=O) groups excluding carboxylic acids is 1. The standard InChI is InChI=1S/C18H21BrN2O2/c1-3-14-8-6-7-13(2)17(14)21-18(22)20-11-12-23-16-10-5-4-9-15(16)19/h4-10H,3,11-12H2,1-2H3,(H2,20,21,22). The summed E-state index contributed by atoms with van der Waals surface area (Å²) in [7, 11) is 0. The molecule has 0 spiro atoms. The van der Waals surface area contributed by atoms with Crippen molar-refractivity contribution in [3.05, 3.63) is 58.1 Å². The van der Waals surface area contributed by atoms with E-state index in [4.69, 9.17) is 4.74 Å². The largest absolute Gasteiger partial charge is 0.491 e. The number of anilines is 1. The number of aryl methyl sites for hydroxylation is 2. The van der Waals surface area contributed by atoms with Gasteiger partial charge in [-0.15, -0.1) is 0 Å². The first-order chi connectivity index (χ1) is 11.1. The molecule has 0 saturated carbocycles. The maximum Gasteiger partial charge on any atom is 0.319 e. The molecular weight excluding hydrogens is 356 g/mol. The Morgan fingerprint density at radius 1 is 1.17 bits per heavy atom. The number of para-hydroxylation sites is 2. The van der Waals surface area contributed by atoms with Crippen LogP contribution in [0.1, 0.15) is 18.1 Å². The predicted molar refractivity (Wildman–Crippen MR) is 97.2 cm³/mol. The molecule has 23 heavy (non-hydrogen) atoms. The normalized spacial score (nSPS) is 10.2. The minimum atomic E-state index is -0.218. The fourth-order valence-electron chi connectivity index (χ4n) is 2.25. The summed E-state index contributed by atoms with van der Waals surface area (Å²) in [5, 5.41) is 5.73. The molecule has 0 bridgehead atoms. The Balaban J connectivity index is 1.81. The van der Waals surface area contributed by atoms with Crippen LogP contribution in [0.3, 0.4) is 0 Å². The van der Waals surface area contributed by atoms with Crippen molar-refractivity contribution < 1.29 is 9.53 Å². The van der Waals surface area contributed by atoms with Gasteiger partial charge < -0.3 is 15.4 Å². The van der Waals surface area contributed by atoms with E-state index >= 15 is 0 Å². The second-order valence-electron chi connectivity index (χ2n) is 5.12. The fraction of sp³-hybridized carbons (Fsp3) is 0.278. The molecule has 0 atom stereocenters. The van der Waals surface area contributed by atoms with Gasteiger partial charge in [0.2, 0.25) is 0 Å². The van der Waals surface area contributed by atoms with Gasteiger partial charge in [0.05, 0.1) is 11.0 Å². The van der Waals surface area contributed by atoms with Crippen molar-refractivity contribution in [3.63, 3.8) is 0 Å². The fourth-order valence-corrected chi connectivity index (χ4v) is 2.65. The van der Waals surface area contributed by atoms with Crippen molar-refractivity contribution in [1.82, 2.24) is 5.32 Å². The summed E-state index contributed by atoms with van der Waals surface area (Å²) in [6.45, 7) is 4.90. The lowest BCUT2D eigenvalue weighted by Gasteiger charge is -2.14. The SMILES string of the molecule is CCc1cccc(C)c1NC(=O)NCCOc1ccccc1Br. The molecule has 4 nitrogen and oxygen atoms in total. The third-order valence-corrected chi connectivity index (χ3v) is 4.12. The number of ether oxygens (including phenoxy) is 1. The molecule has 0 aliphatic carbocycles. The van der Waals surface area contributed by atoms with Gasteiger partial charge in [-0.25, -0.2) is 4.79 Å². The summed E-state index contributed by atoms with van der Waals surface area (Å²) in [6.07, 6.45) is 0.877. The molecule has 0 aromatic heterocycles. The first-order valence-corrected chi connectivity index (χ1v) is 8.41. The zero-order valence-electron chi connectivity index (χ0n) is 13.4. The Morgan fingerprint density at radius 3 is 2.70 bits per heavy atom. The summed E-state index contributed by atoms with van der Waals surface area (Å²) >= 11 is 3.42. The highest BCUT2D eigenvalue weighted by atomic mass is 79.9. The van der Waals surface area contributed by atoms with Gasteiger partial charge in [0.15, 0.2) is 0 Å². The molecule has 0 radical (unpaired) electrons. The number of rotatable bonds is 6. The number of hydrogen-bond acceptors (Lipinski definition) is 2. The van der Waals surface area contributed by atoms with Crippen molar-refractivity contribution in [3.8, 4) is 5.75 Å². The van der Waals surface area contributed by atoms with E-state index in [0.717, 1.165) is 33.5 Å². The molecule has 0 fully saturated rings. The number of benzene rings is 2. The highest BCUT2D eigenvalue weighted by molar-refractivity contribution is 9.10. The van der Waals surface area contributed by atoms with Crippen molar-refractivity contribution in [1.29, 1.82) is 0 Å². The van der Waals surface area contributed by atoms with Crippen LogP contribution in [-0.4, -0.2) is 19.2 Å². The molecule has 0 saturated heterocycles. The van der Waals surface area contributed by atoms with Crippen molar-refractivity contribution in [2.75, 3.05) is 18.5 Å². The van der Waals surface area contributed by atoms with Gasteiger partial charge in [-0.3, -0.25) is 0 Å². The van der Waals surface area contributed by atoms with Crippen molar-refractivity contribution >= 4 is 27.6 Å². The molecule has 2 aromatic carbocycles. The van der Waals surface area contributed by atoms with Crippen LogP contribution in [-0.2, 0) is 6.42 Å². The van der Waals surface area contributed by atoms with Gasteiger partial charge in [-0.1, -0.05) is 37.3 Å². The smallest absolute Gasteiger partial charge is 0.319 e. The molecule has 5 heteroatoms. The van der Waals surface area contributed by atoms with Crippen LogP contribution in [0.5, 0.6) is 5.75 Å². The quantitative estimate of drug-likeness (QED) is 0.728. The summed E-state index contributed by atoms with van der Waals surface area (Å²) in [5.41, 5.74) is 3.08. The van der Waals surface area contributed by atoms with Gasteiger partial charge >= 0.3 is 6.03 Å². The van der Waals surface area contributed by atoms with Gasteiger partial charge in [0, 0.05) is 5.69 Å².